The molecule has 1 heterocycles. The van der Waals surface area contributed by atoms with Crippen LogP contribution in [0.3, 0.4) is 0 Å². The number of carbonyl (C=O) groups is 1. The van der Waals surface area contributed by atoms with Crippen LogP contribution in [0.4, 0.5) is 0 Å². The first-order valence-corrected chi connectivity index (χ1v) is 10.8. The second-order valence-electron chi connectivity index (χ2n) is 7.64. The number of nitrogens with two attached hydrogens (primary N) is 1. The van der Waals surface area contributed by atoms with Crippen LogP contribution in [0, 0.1) is 5.92 Å². The van der Waals surface area contributed by atoms with Crippen LogP contribution < -0.4 is 11.1 Å². The fourth-order valence-electron chi connectivity index (χ4n) is 4.16. The highest BCUT2D eigenvalue weighted by Crippen LogP contribution is 2.23. The van der Waals surface area contributed by atoms with Crippen molar-refractivity contribution in [2.45, 2.75) is 57.0 Å². The summed E-state index contributed by atoms with van der Waals surface area (Å²) in [6.07, 6.45) is 11.9. The van der Waals surface area contributed by atoms with Crippen LogP contribution >= 0.6 is 15.9 Å². The number of piperidine rings is 1. The molecule has 7 heteroatoms. The van der Waals surface area contributed by atoms with E-state index in [4.69, 9.17) is 10.5 Å². The Kier molecular flexibility index (Phi) is 9.82. The molecule has 0 aromatic heterocycles. The molecule has 0 aromatic rings. The smallest absolute Gasteiger partial charge is 0.335 e. The van der Waals surface area contributed by atoms with Gasteiger partial charge in [-0.3, -0.25) is 4.90 Å². The molecule has 0 radical (unpaired) electrons. The third-order valence-electron chi connectivity index (χ3n) is 5.67. The summed E-state index contributed by atoms with van der Waals surface area (Å²) in [5, 5.41) is 13.8. The number of halogens is 1. The normalized spacial score (nSPS) is 26.6. The number of esters is 1. The maximum Gasteiger partial charge on any atom is 0.335 e. The Bertz CT molecular complexity index is 531. The number of nitrogens with zero attached hydrogens (tertiary/aromatic N) is 1. The molecule has 0 amide bonds. The zero-order valence-electron chi connectivity index (χ0n) is 16.3. The number of aliphatic hydroxyl groups is 1. The quantitative estimate of drug-likeness (QED) is 0.242. The molecule has 154 valence electrons. The van der Waals surface area contributed by atoms with Crippen LogP contribution in [-0.2, 0) is 9.53 Å². The Balaban J connectivity index is 1.95. The predicted molar refractivity (Wildman–Crippen MR) is 111 cm³/mol. The molecule has 1 saturated heterocycles. The van der Waals surface area contributed by atoms with Crippen LogP contribution in [-0.4, -0.2) is 61.4 Å². The molecule has 27 heavy (non-hydrogen) atoms. The highest BCUT2D eigenvalue weighted by atomic mass is 79.9. The average Bonchev–Trinajstić information content (AvgIpc) is 2.96. The Morgan fingerprint density at radius 2 is 2.00 bits per heavy atom. The van der Waals surface area contributed by atoms with Gasteiger partial charge in [0.1, 0.15) is 0 Å². The first kappa shape index (κ1) is 22.4. The number of likely N-dealkylation sites (tertiary alicyclic amines) is 1. The van der Waals surface area contributed by atoms with E-state index in [9.17, 15) is 9.90 Å². The second kappa shape index (κ2) is 11.8. The van der Waals surface area contributed by atoms with Crippen LogP contribution in [0.25, 0.3) is 0 Å². The SMILES string of the molecule is COC(=O)/C(=C/C(Br)=C\N)CN1CCC(NC2CCCCCC2)C(CO)C1. The number of carbonyl (C=O) groups excluding carboxylic acids is 1. The molecular weight excluding hydrogens is 410 g/mol. The van der Waals surface area contributed by atoms with Crippen molar-refractivity contribution in [2.75, 3.05) is 33.4 Å². The number of methoxy groups -OCH3 is 1. The van der Waals surface area contributed by atoms with E-state index in [2.05, 4.69) is 26.1 Å². The number of hydrogen-bond donors (Lipinski definition) is 3. The van der Waals surface area contributed by atoms with Gasteiger partial charge in [-0.15, -0.1) is 0 Å². The summed E-state index contributed by atoms with van der Waals surface area (Å²) in [4.78, 5) is 14.3. The summed E-state index contributed by atoms with van der Waals surface area (Å²) in [6, 6.07) is 0.921. The van der Waals surface area contributed by atoms with Crippen molar-refractivity contribution in [3.05, 3.63) is 22.3 Å². The van der Waals surface area contributed by atoms with E-state index in [1.165, 1.54) is 51.8 Å². The monoisotopic (exact) mass is 443 g/mol. The lowest BCUT2D eigenvalue weighted by atomic mass is 9.91. The van der Waals surface area contributed by atoms with Crippen molar-refractivity contribution < 1.29 is 14.6 Å². The minimum atomic E-state index is -0.354. The van der Waals surface area contributed by atoms with Crippen molar-refractivity contribution in [1.29, 1.82) is 0 Å². The van der Waals surface area contributed by atoms with Crippen LogP contribution in [0.1, 0.15) is 44.9 Å². The van der Waals surface area contributed by atoms with Crippen LogP contribution in [0.15, 0.2) is 22.3 Å². The largest absolute Gasteiger partial charge is 0.466 e. The van der Waals surface area contributed by atoms with Crippen molar-refractivity contribution >= 4 is 21.9 Å². The zero-order chi connectivity index (χ0) is 19.6. The Morgan fingerprint density at radius 3 is 2.59 bits per heavy atom. The predicted octanol–water partition coefficient (Wildman–Crippen LogP) is 2.28. The molecule has 2 atom stereocenters. The molecular formula is C20H34BrN3O3. The third-order valence-corrected chi connectivity index (χ3v) is 6.16. The molecule has 4 N–H and O–H groups in total. The number of allylic oxidation sites excluding steroid dienone is 2. The Labute approximate surface area is 171 Å². The molecule has 2 fully saturated rings. The number of aliphatic hydroxyl groups excluding tert-OH is 1. The van der Waals surface area contributed by atoms with Gasteiger partial charge in [0.2, 0.25) is 0 Å². The topological polar surface area (TPSA) is 87.8 Å². The molecule has 1 saturated carbocycles. The number of nitrogens with one attached hydrogen (secondary N) is 1. The summed E-state index contributed by atoms with van der Waals surface area (Å²) in [5.41, 5.74) is 6.05. The highest BCUT2D eigenvalue weighted by Gasteiger charge is 2.31. The summed E-state index contributed by atoms with van der Waals surface area (Å²) in [6.45, 7) is 2.30. The molecule has 1 aliphatic heterocycles. The van der Waals surface area contributed by atoms with E-state index < -0.39 is 0 Å². The molecule has 0 bridgehead atoms. The van der Waals surface area contributed by atoms with Gasteiger partial charge in [-0.05, 0) is 47.8 Å². The van der Waals surface area contributed by atoms with E-state index >= 15 is 0 Å². The standard InChI is InChI=1S/C20H34BrN3O3/c1-27-20(26)15(10-17(21)11-22)12-24-9-8-19(16(13-24)14-25)23-18-6-4-2-3-5-7-18/h10-11,16,18-19,23,25H,2-9,12-14,22H2,1H3/b15-10+,17-11+. The first-order valence-electron chi connectivity index (χ1n) is 10.0. The molecule has 0 aromatic carbocycles. The van der Waals surface area contributed by atoms with Crippen molar-refractivity contribution in [3.8, 4) is 0 Å². The number of hydrogen-bond acceptors (Lipinski definition) is 6. The molecule has 1 aliphatic carbocycles. The fraction of sp³-hybridized carbons (Fsp3) is 0.750. The van der Waals surface area contributed by atoms with Crippen molar-refractivity contribution in [3.63, 3.8) is 0 Å². The van der Waals surface area contributed by atoms with Gasteiger partial charge < -0.3 is 20.9 Å². The minimum absolute atomic E-state index is 0.157. The Hall–Kier alpha value is -0.890. The van der Waals surface area contributed by atoms with E-state index in [0.717, 1.165) is 19.5 Å². The lowest BCUT2D eigenvalue weighted by Crippen LogP contribution is -2.53. The maximum absolute atomic E-state index is 12.1. The van der Waals surface area contributed by atoms with Gasteiger partial charge in [-0.1, -0.05) is 25.7 Å². The number of ether oxygens (including phenoxy) is 1. The zero-order valence-corrected chi connectivity index (χ0v) is 17.9. The van der Waals surface area contributed by atoms with Gasteiger partial charge in [0.05, 0.1) is 12.7 Å². The van der Waals surface area contributed by atoms with Gasteiger partial charge in [0.15, 0.2) is 0 Å². The number of rotatable bonds is 7. The lowest BCUT2D eigenvalue weighted by Gasteiger charge is -2.40. The second-order valence-corrected chi connectivity index (χ2v) is 8.56. The van der Waals surface area contributed by atoms with Crippen molar-refractivity contribution in [2.24, 2.45) is 11.7 Å². The molecule has 0 spiro atoms. The summed E-state index contributed by atoms with van der Waals surface area (Å²) in [7, 11) is 1.38. The van der Waals surface area contributed by atoms with E-state index in [-0.39, 0.29) is 18.5 Å². The van der Waals surface area contributed by atoms with Crippen LogP contribution in [0.2, 0.25) is 0 Å². The van der Waals surface area contributed by atoms with Crippen LogP contribution in [0.5, 0.6) is 0 Å². The van der Waals surface area contributed by atoms with Gasteiger partial charge >= 0.3 is 5.97 Å². The van der Waals surface area contributed by atoms with Gasteiger partial charge in [0, 0.05) is 48.4 Å². The third kappa shape index (κ3) is 7.22. The highest BCUT2D eigenvalue weighted by molar-refractivity contribution is 9.11. The van der Waals surface area contributed by atoms with Gasteiger partial charge in [-0.25, -0.2) is 4.79 Å². The fourth-order valence-corrected chi connectivity index (χ4v) is 4.44. The molecule has 6 nitrogen and oxygen atoms in total. The molecule has 2 rings (SSSR count). The van der Waals surface area contributed by atoms with Gasteiger partial charge in [-0.2, -0.15) is 0 Å². The lowest BCUT2D eigenvalue weighted by molar-refractivity contribution is -0.136. The summed E-state index contributed by atoms with van der Waals surface area (Å²) in [5.74, 6) is -0.178. The first-order chi connectivity index (χ1) is 13.1. The van der Waals surface area contributed by atoms with E-state index in [1.807, 2.05) is 0 Å². The Morgan fingerprint density at radius 1 is 1.30 bits per heavy atom. The summed E-state index contributed by atoms with van der Waals surface area (Å²) < 4.78 is 5.55. The molecule has 2 unspecified atom stereocenters. The molecule has 2 aliphatic rings. The van der Waals surface area contributed by atoms with Crippen molar-refractivity contribution in [1.82, 2.24) is 10.2 Å². The average molecular weight is 444 g/mol. The van der Waals surface area contributed by atoms with E-state index in [0.29, 0.717) is 28.7 Å². The van der Waals surface area contributed by atoms with Gasteiger partial charge in [0.25, 0.3) is 0 Å². The van der Waals surface area contributed by atoms with E-state index in [1.54, 1.807) is 6.08 Å². The maximum atomic E-state index is 12.1. The minimum Gasteiger partial charge on any atom is -0.466 e. The summed E-state index contributed by atoms with van der Waals surface area (Å²) >= 11 is 3.32.